The van der Waals surface area contributed by atoms with E-state index in [-0.39, 0.29) is 24.2 Å². The molecular formula is C19H27NO4. The van der Waals surface area contributed by atoms with Crippen molar-refractivity contribution in [3.05, 3.63) is 48.6 Å². The van der Waals surface area contributed by atoms with E-state index in [1.54, 1.807) is 0 Å². The third-order valence-corrected chi connectivity index (χ3v) is 4.55. The Labute approximate surface area is 143 Å². The maximum absolute atomic E-state index is 6.29. The van der Waals surface area contributed by atoms with Crippen molar-refractivity contribution in [1.29, 1.82) is 0 Å². The van der Waals surface area contributed by atoms with Gasteiger partial charge in [-0.3, -0.25) is 0 Å². The fraction of sp³-hybridized carbons (Fsp3) is 0.579. The zero-order chi connectivity index (χ0) is 17.2. The van der Waals surface area contributed by atoms with Crippen LogP contribution < -0.4 is 5.73 Å². The van der Waals surface area contributed by atoms with E-state index >= 15 is 0 Å². The fourth-order valence-corrected chi connectivity index (χ4v) is 3.38. The van der Waals surface area contributed by atoms with Gasteiger partial charge in [0.15, 0.2) is 12.1 Å². The topological polar surface area (TPSA) is 62.9 Å². The molecule has 2 aliphatic heterocycles. The minimum Gasteiger partial charge on any atom is -0.349 e. The Balaban J connectivity index is 1.68. The van der Waals surface area contributed by atoms with Crippen LogP contribution >= 0.6 is 0 Å². The lowest BCUT2D eigenvalue weighted by atomic mass is 9.87. The second-order valence-electron chi connectivity index (χ2n) is 6.92. The van der Waals surface area contributed by atoms with Crippen molar-refractivity contribution >= 4 is 0 Å². The molecule has 0 radical (unpaired) electrons. The summed E-state index contributed by atoms with van der Waals surface area (Å²) >= 11 is 0. The highest BCUT2D eigenvalue weighted by molar-refractivity contribution is 5.13. The van der Waals surface area contributed by atoms with Gasteiger partial charge >= 0.3 is 0 Å². The molecule has 132 valence electrons. The zero-order valence-electron chi connectivity index (χ0n) is 14.4. The maximum Gasteiger partial charge on any atom is 0.186 e. The molecule has 0 saturated carbocycles. The highest BCUT2D eigenvalue weighted by Crippen LogP contribution is 2.39. The van der Waals surface area contributed by atoms with Crippen LogP contribution in [-0.4, -0.2) is 36.9 Å². The molecule has 0 spiro atoms. The molecule has 2 aliphatic rings. The van der Waals surface area contributed by atoms with Gasteiger partial charge in [0.25, 0.3) is 0 Å². The largest absolute Gasteiger partial charge is 0.349 e. The van der Waals surface area contributed by atoms with Gasteiger partial charge in [0.05, 0.1) is 19.3 Å². The van der Waals surface area contributed by atoms with Crippen molar-refractivity contribution in [3.63, 3.8) is 0 Å². The van der Waals surface area contributed by atoms with Gasteiger partial charge in [0, 0.05) is 12.0 Å². The van der Waals surface area contributed by atoms with Crippen LogP contribution in [0.3, 0.4) is 0 Å². The molecular weight excluding hydrogens is 306 g/mol. The van der Waals surface area contributed by atoms with Gasteiger partial charge in [0.2, 0.25) is 0 Å². The van der Waals surface area contributed by atoms with Crippen molar-refractivity contribution in [2.45, 2.75) is 57.2 Å². The first kappa shape index (κ1) is 17.6. The minimum absolute atomic E-state index is 0.0614. The summed E-state index contributed by atoms with van der Waals surface area (Å²) in [7, 11) is 0. The van der Waals surface area contributed by atoms with E-state index in [1.807, 2.05) is 50.3 Å². The third kappa shape index (κ3) is 3.87. The van der Waals surface area contributed by atoms with Gasteiger partial charge < -0.3 is 24.7 Å². The van der Waals surface area contributed by atoms with Crippen LogP contribution in [0.4, 0.5) is 0 Å². The predicted octanol–water partition coefficient (Wildman–Crippen LogP) is 2.60. The summed E-state index contributed by atoms with van der Waals surface area (Å²) in [4.78, 5) is 0. The third-order valence-electron chi connectivity index (χ3n) is 4.55. The van der Waals surface area contributed by atoms with Crippen molar-refractivity contribution in [1.82, 2.24) is 0 Å². The van der Waals surface area contributed by atoms with Crippen LogP contribution in [0.25, 0.3) is 0 Å². The summed E-state index contributed by atoms with van der Waals surface area (Å²) in [5.41, 5.74) is 7.38. The van der Waals surface area contributed by atoms with Crippen molar-refractivity contribution < 1.29 is 18.9 Å². The van der Waals surface area contributed by atoms with Crippen LogP contribution in [0, 0.1) is 5.92 Å². The molecule has 5 atom stereocenters. The van der Waals surface area contributed by atoms with Crippen LogP contribution in [0.15, 0.2) is 43.0 Å². The Bertz CT molecular complexity index is 548. The standard InChI is InChI=1S/C19H27NO4/c1-4-8-15(20)14-12-22-18(17-16(14)23-19(2,3)24-17)21-11-13-9-6-5-7-10-13/h4-7,9-10,14-18H,1,8,11-12,20H2,2-3H3/t14-,15?,16?,17+,18+/m1/s1. The molecule has 2 heterocycles. The van der Waals surface area contributed by atoms with E-state index in [9.17, 15) is 0 Å². The monoisotopic (exact) mass is 333 g/mol. The highest BCUT2D eigenvalue weighted by Gasteiger charge is 2.53. The van der Waals surface area contributed by atoms with E-state index in [2.05, 4.69) is 6.58 Å². The Kier molecular flexibility index (Phi) is 5.37. The molecule has 3 rings (SSSR count). The van der Waals surface area contributed by atoms with Gasteiger partial charge in [-0.25, -0.2) is 0 Å². The van der Waals surface area contributed by atoms with E-state index < -0.39 is 12.1 Å². The van der Waals surface area contributed by atoms with Gasteiger partial charge in [-0.1, -0.05) is 36.4 Å². The van der Waals surface area contributed by atoms with Crippen LogP contribution in [0.2, 0.25) is 0 Å². The first-order chi connectivity index (χ1) is 11.5. The average Bonchev–Trinajstić information content (AvgIpc) is 2.88. The molecule has 0 aromatic heterocycles. The van der Waals surface area contributed by atoms with Gasteiger partial charge in [0.1, 0.15) is 6.10 Å². The van der Waals surface area contributed by atoms with Crippen molar-refractivity contribution in [2.75, 3.05) is 6.61 Å². The molecule has 5 heteroatoms. The number of ether oxygens (including phenoxy) is 4. The minimum atomic E-state index is -0.663. The Morgan fingerprint density at radius 2 is 2.00 bits per heavy atom. The van der Waals surface area contributed by atoms with E-state index in [0.29, 0.717) is 13.2 Å². The molecule has 0 amide bonds. The maximum atomic E-state index is 6.29. The number of hydrogen-bond acceptors (Lipinski definition) is 5. The summed E-state index contributed by atoms with van der Waals surface area (Å²) in [5, 5.41) is 0. The lowest BCUT2D eigenvalue weighted by Crippen LogP contribution is -2.54. The molecule has 2 fully saturated rings. The second-order valence-corrected chi connectivity index (χ2v) is 6.92. The first-order valence-corrected chi connectivity index (χ1v) is 8.49. The highest BCUT2D eigenvalue weighted by atomic mass is 16.8. The molecule has 0 bridgehead atoms. The van der Waals surface area contributed by atoms with Gasteiger partial charge in [-0.15, -0.1) is 6.58 Å². The molecule has 2 unspecified atom stereocenters. The summed E-state index contributed by atoms with van der Waals surface area (Å²) in [6.45, 7) is 8.56. The smallest absolute Gasteiger partial charge is 0.186 e. The summed E-state index contributed by atoms with van der Waals surface area (Å²) in [5.74, 6) is -0.602. The molecule has 24 heavy (non-hydrogen) atoms. The SMILES string of the molecule is C=CCC(N)[C@H]1CO[C@H](OCc2ccccc2)[C@H]2OC(C)(C)OC12. The molecule has 2 N–H and O–H groups in total. The number of hydrogen-bond donors (Lipinski definition) is 1. The molecule has 0 aliphatic carbocycles. The van der Waals surface area contributed by atoms with Gasteiger partial charge in [-0.05, 0) is 25.8 Å². The van der Waals surface area contributed by atoms with Crippen molar-refractivity contribution in [3.8, 4) is 0 Å². The first-order valence-electron chi connectivity index (χ1n) is 8.49. The molecule has 1 aromatic rings. The normalized spacial score (nSPS) is 33.0. The van der Waals surface area contributed by atoms with E-state index in [4.69, 9.17) is 24.7 Å². The average molecular weight is 333 g/mol. The number of nitrogens with two attached hydrogens (primary N) is 1. The zero-order valence-corrected chi connectivity index (χ0v) is 14.4. The van der Waals surface area contributed by atoms with E-state index in [0.717, 1.165) is 12.0 Å². The second kappa shape index (κ2) is 7.33. The Morgan fingerprint density at radius 1 is 1.29 bits per heavy atom. The summed E-state index contributed by atoms with van der Waals surface area (Å²) < 4.78 is 24.1. The van der Waals surface area contributed by atoms with Crippen LogP contribution in [0.5, 0.6) is 0 Å². The van der Waals surface area contributed by atoms with Crippen LogP contribution in [0.1, 0.15) is 25.8 Å². The number of benzene rings is 1. The molecule has 1 aromatic carbocycles. The lowest BCUT2D eigenvalue weighted by Gasteiger charge is -2.39. The lowest BCUT2D eigenvalue weighted by molar-refractivity contribution is -0.245. The number of fused-ring (bicyclic) bond motifs is 1. The quantitative estimate of drug-likeness (QED) is 0.811. The molecule has 5 nitrogen and oxygen atoms in total. The van der Waals surface area contributed by atoms with Gasteiger partial charge in [-0.2, -0.15) is 0 Å². The number of rotatable bonds is 6. The van der Waals surface area contributed by atoms with Crippen LogP contribution in [-0.2, 0) is 25.6 Å². The summed E-state index contributed by atoms with van der Waals surface area (Å²) in [6.07, 6.45) is 1.68. The van der Waals surface area contributed by atoms with Crippen molar-refractivity contribution in [2.24, 2.45) is 11.7 Å². The fourth-order valence-electron chi connectivity index (χ4n) is 3.38. The predicted molar refractivity (Wildman–Crippen MR) is 91.1 cm³/mol. The summed E-state index contributed by atoms with van der Waals surface area (Å²) in [6, 6.07) is 9.96. The Morgan fingerprint density at radius 3 is 2.71 bits per heavy atom. The Hall–Kier alpha value is -1.24. The molecule has 2 saturated heterocycles. The van der Waals surface area contributed by atoms with E-state index in [1.165, 1.54) is 0 Å².